The van der Waals surface area contributed by atoms with E-state index in [-0.39, 0.29) is 27.7 Å². The van der Waals surface area contributed by atoms with Crippen molar-refractivity contribution in [3.05, 3.63) is 63.2 Å². The first-order valence-electron chi connectivity index (χ1n) is 7.03. The largest absolute Gasteiger partial charge is 0.507 e. The van der Waals surface area contributed by atoms with Gasteiger partial charge in [-0.3, -0.25) is 14.9 Å². The number of esters is 1. The fraction of sp³-hybridized carbons (Fsp3) is 0.125. The summed E-state index contributed by atoms with van der Waals surface area (Å²) in [5.41, 5.74) is -0.464. The summed E-state index contributed by atoms with van der Waals surface area (Å²) < 4.78 is 4.97. The normalized spacial score (nSPS) is 11.4. The molecule has 0 saturated carbocycles. The third-order valence-corrected chi connectivity index (χ3v) is 3.43. The molecule has 0 aromatic heterocycles. The Balaban J connectivity index is 2.08. The summed E-state index contributed by atoms with van der Waals surface area (Å²) in [4.78, 5) is 34.4. The second kappa shape index (κ2) is 7.63. The molecule has 2 rings (SSSR count). The van der Waals surface area contributed by atoms with E-state index >= 15 is 0 Å². The van der Waals surface area contributed by atoms with Crippen molar-refractivity contribution < 1.29 is 24.4 Å². The maximum atomic E-state index is 12.1. The lowest BCUT2D eigenvalue weighted by atomic mass is 10.2. The van der Waals surface area contributed by atoms with E-state index < -0.39 is 22.9 Å². The molecule has 0 spiro atoms. The van der Waals surface area contributed by atoms with E-state index in [0.29, 0.717) is 0 Å². The maximum Gasteiger partial charge on any atom is 0.342 e. The molecule has 2 aromatic carbocycles. The van der Waals surface area contributed by atoms with Crippen LogP contribution in [0.4, 0.5) is 11.4 Å². The van der Waals surface area contributed by atoms with Gasteiger partial charge in [-0.15, -0.1) is 0 Å². The van der Waals surface area contributed by atoms with Gasteiger partial charge < -0.3 is 15.2 Å². The van der Waals surface area contributed by atoms with E-state index in [2.05, 4.69) is 5.32 Å². The number of phenolic OH excluding ortho intramolecular Hbond substituents is 1. The van der Waals surface area contributed by atoms with Crippen molar-refractivity contribution >= 4 is 34.9 Å². The van der Waals surface area contributed by atoms with Crippen LogP contribution in [-0.2, 0) is 9.53 Å². The molecule has 0 unspecified atom stereocenters. The molecule has 25 heavy (non-hydrogen) atoms. The summed E-state index contributed by atoms with van der Waals surface area (Å²) in [6, 6.07) is 9.37. The van der Waals surface area contributed by atoms with E-state index in [4.69, 9.17) is 16.3 Å². The Morgan fingerprint density at radius 3 is 2.60 bits per heavy atom. The number of hydrogen-bond acceptors (Lipinski definition) is 6. The van der Waals surface area contributed by atoms with Gasteiger partial charge in [0, 0.05) is 11.1 Å². The van der Waals surface area contributed by atoms with E-state index in [1.165, 1.54) is 43.3 Å². The number of carbonyl (C=O) groups is 2. The molecule has 130 valence electrons. The lowest BCUT2D eigenvalue weighted by molar-refractivity contribution is -0.383. The first kappa shape index (κ1) is 18.2. The van der Waals surface area contributed by atoms with Crippen molar-refractivity contribution in [1.29, 1.82) is 0 Å². The molecule has 0 aliphatic carbocycles. The average molecular weight is 365 g/mol. The predicted octanol–water partition coefficient (Wildman–Crippen LogP) is 3.14. The third kappa shape index (κ3) is 4.45. The number of benzene rings is 2. The van der Waals surface area contributed by atoms with Gasteiger partial charge in [-0.2, -0.15) is 0 Å². The highest BCUT2D eigenvalue weighted by molar-refractivity contribution is 6.30. The second-order valence-electron chi connectivity index (χ2n) is 4.97. The van der Waals surface area contributed by atoms with Gasteiger partial charge in [-0.1, -0.05) is 23.7 Å². The number of nitro benzene ring substituents is 1. The van der Waals surface area contributed by atoms with Gasteiger partial charge in [0.2, 0.25) is 0 Å². The Bertz CT molecular complexity index is 839. The van der Waals surface area contributed by atoms with Gasteiger partial charge >= 0.3 is 5.97 Å². The number of amides is 1. The van der Waals surface area contributed by atoms with Crippen molar-refractivity contribution in [3.63, 3.8) is 0 Å². The Morgan fingerprint density at radius 2 is 1.96 bits per heavy atom. The van der Waals surface area contributed by atoms with Crippen LogP contribution >= 0.6 is 11.6 Å². The van der Waals surface area contributed by atoms with E-state index in [1.54, 1.807) is 0 Å². The number of rotatable bonds is 5. The fourth-order valence-corrected chi connectivity index (χ4v) is 2.09. The van der Waals surface area contributed by atoms with Crippen LogP contribution in [0.2, 0.25) is 5.02 Å². The summed E-state index contributed by atoms with van der Waals surface area (Å²) in [6.45, 7) is 1.30. The third-order valence-electron chi connectivity index (χ3n) is 3.19. The van der Waals surface area contributed by atoms with Gasteiger partial charge in [0.1, 0.15) is 17.0 Å². The van der Waals surface area contributed by atoms with Gasteiger partial charge in [-0.25, -0.2) is 4.79 Å². The number of nitro groups is 1. The van der Waals surface area contributed by atoms with Crippen LogP contribution in [0.15, 0.2) is 42.5 Å². The summed E-state index contributed by atoms with van der Waals surface area (Å²) in [5, 5.41) is 23.2. The zero-order valence-corrected chi connectivity index (χ0v) is 13.7. The minimum Gasteiger partial charge on any atom is -0.507 e. The SMILES string of the molecule is C[C@H](OC(=O)c1ccc(Cl)cc1O)C(=O)Nc1ccccc1[N+](=O)[O-]. The lowest BCUT2D eigenvalue weighted by Crippen LogP contribution is -2.30. The molecule has 2 N–H and O–H groups in total. The number of anilines is 1. The number of para-hydroxylation sites is 2. The molecule has 0 aliphatic rings. The topological polar surface area (TPSA) is 119 Å². The molecule has 1 atom stereocenters. The number of aromatic hydroxyl groups is 1. The van der Waals surface area contributed by atoms with Crippen LogP contribution in [0, 0.1) is 10.1 Å². The Kier molecular flexibility index (Phi) is 5.56. The standard InChI is InChI=1S/C16H13ClN2O6/c1-9(25-16(22)11-7-6-10(17)8-14(11)20)15(21)18-12-4-2-3-5-13(12)19(23)24/h2-9,20H,1H3,(H,18,21)/t9-/m0/s1. The van der Waals surface area contributed by atoms with Crippen molar-refractivity contribution in [1.82, 2.24) is 0 Å². The zero-order valence-electron chi connectivity index (χ0n) is 12.9. The molecular weight excluding hydrogens is 352 g/mol. The number of ether oxygens (including phenoxy) is 1. The Morgan fingerprint density at radius 1 is 1.28 bits per heavy atom. The molecular formula is C16H13ClN2O6. The zero-order chi connectivity index (χ0) is 18.6. The molecule has 0 aliphatic heterocycles. The van der Waals surface area contributed by atoms with Crippen LogP contribution in [0.5, 0.6) is 5.75 Å². The summed E-state index contributed by atoms with van der Waals surface area (Å²) in [5.74, 6) is -2.07. The van der Waals surface area contributed by atoms with Crippen LogP contribution < -0.4 is 5.32 Å². The number of halogens is 1. The number of nitrogens with one attached hydrogen (secondary N) is 1. The average Bonchev–Trinajstić information content (AvgIpc) is 2.54. The predicted molar refractivity (Wildman–Crippen MR) is 89.7 cm³/mol. The number of hydrogen-bond donors (Lipinski definition) is 2. The summed E-state index contributed by atoms with van der Waals surface area (Å²) >= 11 is 5.68. The van der Waals surface area contributed by atoms with Gasteiger partial charge in [0.15, 0.2) is 6.10 Å². The number of carbonyl (C=O) groups excluding carboxylic acids is 2. The van der Waals surface area contributed by atoms with Crippen LogP contribution in [0.1, 0.15) is 17.3 Å². The van der Waals surface area contributed by atoms with Gasteiger partial charge in [-0.05, 0) is 31.2 Å². The summed E-state index contributed by atoms with van der Waals surface area (Å²) in [7, 11) is 0. The molecule has 2 aromatic rings. The molecule has 1 amide bonds. The molecule has 9 heteroatoms. The van der Waals surface area contributed by atoms with Crippen LogP contribution in [-0.4, -0.2) is 28.0 Å². The van der Waals surface area contributed by atoms with Crippen molar-refractivity contribution in [2.75, 3.05) is 5.32 Å². The molecule has 0 fully saturated rings. The molecule has 0 bridgehead atoms. The van der Waals surface area contributed by atoms with E-state index in [9.17, 15) is 24.8 Å². The van der Waals surface area contributed by atoms with Crippen LogP contribution in [0.3, 0.4) is 0 Å². The van der Waals surface area contributed by atoms with E-state index in [0.717, 1.165) is 6.07 Å². The Labute approximate surface area is 147 Å². The van der Waals surface area contributed by atoms with Crippen molar-refractivity contribution in [3.8, 4) is 5.75 Å². The number of nitrogens with zero attached hydrogens (tertiary/aromatic N) is 1. The highest BCUT2D eigenvalue weighted by Gasteiger charge is 2.23. The Hall–Kier alpha value is -3.13. The smallest absolute Gasteiger partial charge is 0.342 e. The van der Waals surface area contributed by atoms with Gasteiger partial charge in [0.25, 0.3) is 11.6 Å². The number of phenols is 1. The van der Waals surface area contributed by atoms with E-state index in [1.807, 2.05) is 0 Å². The molecule has 8 nitrogen and oxygen atoms in total. The quantitative estimate of drug-likeness (QED) is 0.478. The first-order valence-corrected chi connectivity index (χ1v) is 7.41. The minimum absolute atomic E-state index is 0.0188. The molecule has 0 radical (unpaired) electrons. The second-order valence-corrected chi connectivity index (χ2v) is 5.41. The minimum atomic E-state index is -1.25. The fourth-order valence-electron chi connectivity index (χ4n) is 1.93. The van der Waals surface area contributed by atoms with Crippen molar-refractivity contribution in [2.45, 2.75) is 13.0 Å². The van der Waals surface area contributed by atoms with Crippen LogP contribution in [0.25, 0.3) is 0 Å². The lowest BCUT2D eigenvalue weighted by Gasteiger charge is -2.14. The molecule has 0 saturated heterocycles. The van der Waals surface area contributed by atoms with Crippen molar-refractivity contribution in [2.24, 2.45) is 0 Å². The summed E-state index contributed by atoms with van der Waals surface area (Å²) in [6.07, 6.45) is -1.25. The first-order chi connectivity index (χ1) is 11.8. The maximum absolute atomic E-state index is 12.1. The monoisotopic (exact) mass is 364 g/mol. The highest BCUT2D eigenvalue weighted by Crippen LogP contribution is 2.25. The highest BCUT2D eigenvalue weighted by atomic mass is 35.5. The molecule has 0 heterocycles. The van der Waals surface area contributed by atoms with Gasteiger partial charge in [0.05, 0.1) is 4.92 Å².